The number of benzene rings is 3. The van der Waals surface area contributed by atoms with Crippen LogP contribution in [0.3, 0.4) is 0 Å². The molecule has 2 nitrogen and oxygen atoms in total. The predicted molar refractivity (Wildman–Crippen MR) is 100 cm³/mol. The van der Waals surface area contributed by atoms with Gasteiger partial charge in [-0.25, -0.2) is 8.78 Å². The first-order chi connectivity index (χ1) is 13.0. The fourth-order valence-corrected chi connectivity index (χ4v) is 2.65. The van der Waals surface area contributed by atoms with Crippen molar-refractivity contribution in [2.75, 3.05) is 14.2 Å². The molecule has 0 saturated carbocycles. The maximum atomic E-state index is 14.2. The molecular formula is C22H17F3O2. The molecule has 3 aromatic carbocycles. The van der Waals surface area contributed by atoms with E-state index in [4.69, 9.17) is 9.47 Å². The maximum absolute atomic E-state index is 14.2. The fraction of sp³-hybridized carbons (Fsp3) is 0.0909. The van der Waals surface area contributed by atoms with E-state index < -0.39 is 11.6 Å². The maximum Gasteiger partial charge on any atom is 0.201 e. The van der Waals surface area contributed by atoms with E-state index >= 15 is 0 Å². The van der Waals surface area contributed by atoms with Gasteiger partial charge in [-0.1, -0.05) is 36.4 Å². The van der Waals surface area contributed by atoms with Gasteiger partial charge in [0.1, 0.15) is 11.6 Å². The van der Waals surface area contributed by atoms with E-state index in [1.807, 2.05) is 0 Å². The zero-order chi connectivity index (χ0) is 19.4. The van der Waals surface area contributed by atoms with Crippen LogP contribution >= 0.6 is 0 Å². The Labute approximate surface area is 155 Å². The summed E-state index contributed by atoms with van der Waals surface area (Å²) in [6.45, 7) is 0. The van der Waals surface area contributed by atoms with E-state index in [9.17, 15) is 13.2 Å². The number of hydrogen-bond donors (Lipinski definition) is 0. The Kier molecular flexibility index (Phi) is 5.50. The summed E-state index contributed by atoms with van der Waals surface area (Å²) in [4.78, 5) is 0. The lowest BCUT2D eigenvalue weighted by Gasteiger charge is -2.06. The van der Waals surface area contributed by atoms with Crippen molar-refractivity contribution < 1.29 is 22.6 Å². The first-order valence-corrected chi connectivity index (χ1v) is 8.17. The highest BCUT2D eigenvalue weighted by Crippen LogP contribution is 2.27. The third-order valence-electron chi connectivity index (χ3n) is 4.15. The van der Waals surface area contributed by atoms with Crippen molar-refractivity contribution >= 4 is 12.2 Å². The van der Waals surface area contributed by atoms with Crippen LogP contribution in [0.4, 0.5) is 13.2 Å². The lowest BCUT2D eigenvalue weighted by Crippen LogP contribution is -1.94. The molecule has 0 bridgehead atoms. The Morgan fingerprint density at radius 1 is 0.741 bits per heavy atom. The molecule has 3 rings (SSSR count). The van der Waals surface area contributed by atoms with Crippen LogP contribution in [0.15, 0.2) is 54.6 Å². The van der Waals surface area contributed by atoms with Crippen LogP contribution in [0.2, 0.25) is 0 Å². The van der Waals surface area contributed by atoms with Crippen LogP contribution in [0.1, 0.15) is 11.1 Å². The van der Waals surface area contributed by atoms with Gasteiger partial charge in [0.2, 0.25) is 5.82 Å². The van der Waals surface area contributed by atoms with Gasteiger partial charge in [-0.2, -0.15) is 4.39 Å². The number of rotatable bonds is 5. The highest BCUT2D eigenvalue weighted by atomic mass is 19.2. The van der Waals surface area contributed by atoms with Gasteiger partial charge in [-0.05, 0) is 35.4 Å². The van der Waals surface area contributed by atoms with Crippen LogP contribution in [0.5, 0.6) is 11.5 Å². The predicted octanol–water partition coefficient (Wildman–Crippen LogP) is 5.96. The van der Waals surface area contributed by atoms with Crippen LogP contribution in [0.25, 0.3) is 23.3 Å². The summed E-state index contributed by atoms with van der Waals surface area (Å²) >= 11 is 0. The minimum Gasteiger partial charge on any atom is -0.497 e. The van der Waals surface area contributed by atoms with E-state index in [-0.39, 0.29) is 17.1 Å². The van der Waals surface area contributed by atoms with Gasteiger partial charge in [-0.15, -0.1) is 0 Å². The molecule has 0 unspecified atom stereocenters. The van der Waals surface area contributed by atoms with Crippen molar-refractivity contribution in [3.8, 4) is 22.6 Å². The summed E-state index contributed by atoms with van der Waals surface area (Å²) in [5.74, 6) is -2.07. The molecule has 0 heterocycles. The molecule has 0 radical (unpaired) electrons. The second-order valence-corrected chi connectivity index (χ2v) is 5.79. The molecule has 0 amide bonds. The zero-order valence-corrected chi connectivity index (χ0v) is 14.8. The van der Waals surface area contributed by atoms with E-state index in [0.29, 0.717) is 16.9 Å². The average molecular weight is 370 g/mol. The number of ether oxygens (including phenoxy) is 2. The second kappa shape index (κ2) is 7.99. The van der Waals surface area contributed by atoms with Crippen LogP contribution in [-0.4, -0.2) is 14.2 Å². The van der Waals surface area contributed by atoms with Crippen molar-refractivity contribution in [1.82, 2.24) is 0 Å². The first-order valence-electron chi connectivity index (χ1n) is 8.17. The fourth-order valence-electron chi connectivity index (χ4n) is 2.65. The van der Waals surface area contributed by atoms with Crippen molar-refractivity contribution in [2.24, 2.45) is 0 Å². The third kappa shape index (κ3) is 3.97. The zero-order valence-electron chi connectivity index (χ0n) is 14.8. The average Bonchev–Trinajstić information content (AvgIpc) is 2.69. The van der Waals surface area contributed by atoms with Crippen molar-refractivity contribution in [2.45, 2.75) is 0 Å². The molecule has 0 atom stereocenters. The first kappa shape index (κ1) is 18.6. The van der Waals surface area contributed by atoms with Gasteiger partial charge in [0.15, 0.2) is 11.6 Å². The molecule has 0 saturated heterocycles. The highest BCUT2D eigenvalue weighted by Gasteiger charge is 2.12. The lowest BCUT2D eigenvalue weighted by molar-refractivity contribution is 0.371. The summed E-state index contributed by atoms with van der Waals surface area (Å²) in [6.07, 6.45) is 3.12. The molecule has 0 spiro atoms. The Balaban J connectivity index is 1.82. The molecule has 0 aliphatic heterocycles. The Bertz CT molecular complexity index is 980. The lowest BCUT2D eigenvalue weighted by atomic mass is 10.0. The number of halogens is 3. The van der Waals surface area contributed by atoms with Gasteiger partial charge >= 0.3 is 0 Å². The molecule has 0 aliphatic carbocycles. The van der Waals surface area contributed by atoms with E-state index in [0.717, 1.165) is 5.56 Å². The second-order valence-electron chi connectivity index (χ2n) is 5.79. The van der Waals surface area contributed by atoms with Crippen LogP contribution in [-0.2, 0) is 0 Å². The van der Waals surface area contributed by atoms with Crippen LogP contribution in [0, 0.1) is 17.5 Å². The molecule has 3 aromatic rings. The molecule has 5 heteroatoms. The Hall–Kier alpha value is -3.21. The highest BCUT2D eigenvalue weighted by molar-refractivity contribution is 5.73. The standard InChI is InChI=1S/C22H17F3O2/c1-26-17-10-11-18(19(23)13-17)15-6-3-14(4-7-15)5-8-16-9-12-20(27-2)22(25)21(16)24/h3-13H,1-2H3/b8-5+. The van der Waals surface area contributed by atoms with Gasteiger partial charge < -0.3 is 9.47 Å². The van der Waals surface area contributed by atoms with Crippen LogP contribution < -0.4 is 9.47 Å². The summed E-state index contributed by atoms with van der Waals surface area (Å²) < 4.78 is 51.6. The summed E-state index contributed by atoms with van der Waals surface area (Å²) in [6, 6.07) is 14.5. The third-order valence-corrected chi connectivity index (χ3v) is 4.15. The van der Waals surface area contributed by atoms with Gasteiger partial charge in [0, 0.05) is 17.2 Å². The smallest absolute Gasteiger partial charge is 0.201 e. The van der Waals surface area contributed by atoms with E-state index in [1.54, 1.807) is 42.5 Å². The number of methoxy groups -OCH3 is 2. The summed E-state index contributed by atoms with van der Waals surface area (Å²) in [7, 11) is 2.76. The minimum absolute atomic E-state index is 0.110. The molecule has 27 heavy (non-hydrogen) atoms. The Morgan fingerprint density at radius 2 is 1.48 bits per heavy atom. The topological polar surface area (TPSA) is 18.5 Å². The van der Waals surface area contributed by atoms with E-state index in [1.165, 1.54) is 38.5 Å². The molecule has 0 fully saturated rings. The monoisotopic (exact) mass is 370 g/mol. The van der Waals surface area contributed by atoms with Crippen molar-refractivity contribution in [3.63, 3.8) is 0 Å². The summed E-state index contributed by atoms with van der Waals surface area (Å²) in [5.41, 5.74) is 2.03. The van der Waals surface area contributed by atoms with Gasteiger partial charge in [0.05, 0.1) is 14.2 Å². The van der Waals surface area contributed by atoms with Crippen molar-refractivity contribution in [3.05, 3.63) is 83.2 Å². The molecule has 138 valence electrons. The number of hydrogen-bond acceptors (Lipinski definition) is 2. The molecular weight excluding hydrogens is 353 g/mol. The van der Waals surface area contributed by atoms with Crippen molar-refractivity contribution in [1.29, 1.82) is 0 Å². The normalized spacial score (nSPS) is 11.0. The SMILES string of the molecule is COc1ccc(-c2ccc(/C=C/c3ccc(OC)c(F)c3F)cc2)c(F)c1. The molecule has 0 N–H and O–H groups in total. The quantitative estimate of drug-likeness (QED) is 0.516. The molecule has 0 aliphatic rings. The minimum atomic E-state index is -1.02. The molecule has 0 aromatic heterocycles. The largest absolute Gasteiger partial charge is 0.497 e. The summed E-state index contributed by atoms with van der Waals surface area (Å²) in [5, 5.41) is 0. The van der Waals surface area contributed by atoms with Gasteiger partial charge in [-0.3, -0.25) is 0 Å². The Morgan fingerprint density at radius 3 is 2.11 bits per heavy atom. The van der Waals surface area contributed by atoms with Gasteiger partial charge in [0.25, 0.3) is 0 Å². The van der Waals surface area contributed by atoms with E-state index in [2.05, 4.69) is 0 Å².